The number of methoxy groups -OCH3 is 2. The average Bonchev–Trinajstić information content (AvgIpc) is 2.41. The van der Waals surface area contributed by atoms with Crippen LogP contribution < -0.4 is 14.2 Å². The number of hydrogen-bond acceptors (Lipinski definition) is 3. The molecule has 0 aromatic heterocycles. The van der Waals surface area contributed by atoms with Crippen molar-refractivity contribution in [3.05, 3.63) is 47.5 Å². The second-order valence-corrected chi connectivity index (χ2v) is 4.34. The lowest BCUT2D eigenvalue weighted by molar-refractivity contribution is 0.374. The Balaban J connectivity index is 2.38. The minimum Gasteiger partial charge on any atom is -0.496 e. The zero-order valence-electron chi connectivity index (χ0n) is 11.7. The molecular weight excluding hydrogens is 240 g/mol. The standard InChI is InChI=1S/C16H18O3/c1-11-8-9-15(18-4)16(10-11)19-14-7-5-6-13(17-3)12(14)2/h5-10H,1-4H3. The van der Waals surface area contributed by atoms with Crippen molar-refractivity contribution in [3.63, 3.8) is 0 Å². The van der Waals surface area contributed by atoms with E-state index in [0.717, 1.165) is 22.6 Å². The molecule has 0 N–H and O–H groups in total. The van der Waals surface area contributed by atoms with E-state index in [0.29, 0.717) is 11.5 Å². The monoisotopic (exact) mass is 258 g/mol. The Hall–Kier alpha value is -2.16. The molecule has 0 saturated carbocycles. The molecule has 0 spiro atoms. The number of benzene rings is 2. The number of aryl methyl sites for hydroxylation is 1. The fourth-order valence-corrected chi connectivity index (χ4v) is 1.91. The fraction of sp³-hybridized carbons (Fsp3) is 0.250. The van der Waals surface area contributed by atoms with Gasteiger partial charge in [0, 0.05) is 5.56 Å². The maximum absolute atomic E-state index is 5.95. The van der Waals surface area contributed by atoms with Crippen LogP contribution in [-0.4, -0.2) is 14.2 Å². The normalized spacial score (nSPS) is 10.1. The lowest BCUT2D eigenvalue weighted by Gasteiger charge is -2.14. The third-order valence-corrected chi connectivity index (χ3v) is 2.99. The fourth-order valence-electron chi connectivity index (χ4n) is 1.91. The van der Waals surface area contributed by atoms with Crippen LogP contribution >= 0.6 is 0 Å². The Morgan fingerprint density at radius 1 is 0.737 bits per heavy atom. The van der Waals surface area contributed by atoms with Gasteiger partial charge < -0.3 is 14.2 Å². The first-order valence-corrected chi connectivity index (χ1v) is 6.12. The summed E-state index contributed by atoms with van der Waals surface area (Å²) in [5.41, 5.74) is 2.09. The van der Waals surface area contributed by atoms with Gasteiger partial charge >= 0.3 is 0 Å². The zero-order valence-corrected chi connectivity index (χ0v) is 11.7. The Morgan fingerprint density at radius 3 is 2.11 bits per heavy atom. The topological polar surface area (TPSA) is 27.7 Å². The summed E-state index contributed by atoms with van der Waals surface area (Å²) in [7, 11) is 3.29. The molecule has 0 atom stereocenters. The first-order valence-electron chi connectivity index (χ1n) is 6.12. The molecule has 3 nitrogen and oxygen atoms in total. The molecule has 0 fully saturated rings. The van der Waals surface area contributed by atoms with Crippen LogP contribution in [0.5, 0.6) is 23.0 Å². The van der Waals surface area contributed by atoms with Gasteiger partial charge in [-0.1, -0.05) is 12.1 Å². The van der Waals surface area contributed by atoms with Crippen molar-refractivity contribution in [2.75, 3.05) is 14.2 Å². The van der Waals surface area contributed by atoms with Crippen LogP contribution in [0.4, 0.5) is 0 Å². The van der Waals surface area contributed by atoms with E-state index >= 15 is 0 Å². The molecule has 0 bridgehead atoms. The van der Waals surface area contributed by atoms with Crippen LogP contribution in [0.2, 0.25) is 0 Å². The van der Waals surface area contributed by atoms with Gasteiger partial charge in [-0.3, -0.25) is 0 Å². The molecule has 0 aliphatic rings. The summed E-state index contributed by atoms with van der Waals surface area (Å²) in [6, 6.07) is 11.6. The second kappa shape index (κ2) is 5.65. The zero-order chi connectivity index (χ0) is 13.8. The van der Waals surface area contributed by atoms with Crippen molar-refractivity contribution in [1.82, 2.24) is 0 Å². The highest BCUT2D eigenvalue weighted by atomic mass is 16.5. The van der Waals surface area contributed by atoms with Crippen molar-refractivity contribution >= 4 is 0 Å². The number of ether oxygens (including phenoxy) is 3. The number of hydrogen-bond donors (Lipinski definition) is 0. The molecule has 2 aromatic rings. The van der Waals surface area contributed by atoms with Crippen molar-refractivity contribution in [1.29, 1.82) is 0 Å². The van der Waals surface area contributed by atoms with E-state index < -0.39 is 0 Å². The molecule has 0 saturated heterocycles. The quantitative estimate of drug-likeness (QED) is 0.825. The van der Waals surface area contributed by atoms with Crippen LogP contribution in [0.25, 0.3) is 0 Å². The van der Waals surface area contributed by atoms with Crippen molar-refractivity contribution in [3.8, 4) is 23.0 Å². The maximum atomic E-state index is 5.95. The Labute approximate surface area is 113 Å². The van der Waals surface area contributed by atoms with E-state index in [-0.39, 0.29) is 0 Å². The molecule has 0 aliphatic heterocycles. The first-order chi connectivity index (χ1) is 9.15. The van der Waals surface area contributed by atoms with E-state index in [2.05, 4.69) is 0 Å². The summed E-state index contributed by atoms with van der Waals surface area (Å²) in [6.07, 6.45) is 0. The van der Waals surface area contributed by atoms with Gasteiger partial charge in [-0.05, 0) is 43.7 Å². The van der Waals surface area contributed by atoms with E-state index in [1.165, 1.54) is 0 Å². The van der Waals surface area contributed by atoms with E-state index in [1.807, 2.05) is 50.2 Å². The summed E-state index contributed by atoms with van der Waals surface area (Å²) in [4.78, 5) is 0. The van der Waals surface area contributed by atoms with Gasteiger partial charge in [0.2, 0.25) is 0 Å². The van der Waals surface area contributed by atoms with Crippen molar-refractivity contribution in [2.24, 2.45) is 0 Å². The van der Waals surface area contributed by atoms with E-state index in [1.54, 1.807) is 14.2 Å². The largest absolute Gasteiger partial charge is 0.496 e. The van der Waals surface area contributed by atoms with E-state index in [9.17, 15) is 0 Å². The van der Waals surface area contributed by atoms with Gasteiger partial charge in [-0.25, -0.2) is 0 Å². The van der Waals surface area contributed by atoms with Gasteiger partial charge in [-0.15, -0.1) is 0 Å². The van der Waals surface area contributed by atoms with Crippen LogP contribution in [0.1, 0.15) is 11.1 Å². The van der Waals surface area contributed by atoms with Crippen molar-refractivity contribution in [2.45, 2.75) is 13.8 Å². The summed E-state index contributed by atoms with van der Waals surface area (Å²) in [6.45, 7) is 3.99. The van der Waals surface area contributed by atoms with E-state index in [4.69, 9.17) is 14.2 Å². The Morgan fingerprint density at radius 2 is 1.42 bits per heavy atom. The minimum absolute atomic E-state index is 0.707. The summed E-state index contributed by atoms with van der Waals surface area (Å²) >= 11 is 0. The Bertz CT molecular complexity index is 576. The summed E-state index contributed by atoms with van der Waals surface area (Å²) < 4.78 is 16.6. The van der Waals surface area contributed by atoms with Crippen LogP contribution in [-0.2, 0) is 0 Å². The molecule has 0 amide bonds. The third kappa shape index (κ3) is 2.81. The maximum Gasteiger partial charge on any atom is 0.169 e. The smallest absolute Gasteiger partial charge is 0.169 e. The molecular formula is C16H18O3. The second-order valence-electron chi connectivity index (χ2n) is 4.34. The van der Waals surface area contributed by atoms with Crippen LogP contribution in [0, 0.1) is 13.8 Å². The Kier molecular flexibility index (Phi) is 3.95. The van der Waals surface area contributed by atoms with Gasteiger partial charge in [0.25, 0.3) is 0 Å². The van der Waals surface area contributed by atoms with Crippen LogP contribution in [0.15, 0.2) is 36.4 Å². The average molecular weight is 258 g/mol. The highest BCUT2D eigenvalue weighted by molar-refractivity contribution is 5.49. The third-order valence-electron chi connectivity index (χ3n) is 2.99. The minimum atomic E-state index is 0.707. The molecule has 3 heteroatoms. The van der Waals surface area contributed by atoms with Gasteiger partial charge in [-0.2, -0.15) is 0 Å². The molecule has 2 aromatic carbocycles. The van der Waals surface area contributed by atoms with Gasteiger partial charge in [0.05, 0.1) is 14.2 Å². The summed E-state index contributed by atoms with van der Waals surface area (Å²) in [5.74, 6) is 3.00. The molecule has 0 heterocycles. The molecule has 2 rings (SSSR count). The molecule has 0 aliphatic carbocycles. The van der Waals surface area contributed by atoms with Crippen LogP contribution in [0.3, 0.4) is 0 Å². The number of rotatable bonds is 4. The SMILES string of the molecule is COc1ccc(C)cc1Oc1cccc(OC)c1C. The van der Waals surface area contributed by atoms with Gasteiger partial charge in [0.15, 0.2) is 11.5 Å². The lowest BCUT2D eigenvalue weighted by Crippen LogP contribution is -1.94. The lowest BCUT2D eigenvalue weighted by atomic mass is 10.2. The predicted molar refractivity (Wildman–Crippen MR) is 75.5 cm³/mol. The molecule has 0 unspecified atom stereocenters. The van der Waals surface area contributed by atoms with Crippen molar-refractivity contribution < 1.29 is 14.2 Å². The highest BCUT2D eigenvalue weighted by Crippen LogP contribution is 2.36. The molecule has 100 valence electrons. The summed E-state index contributed by atoms with van der Waals surface area (Å²) in [5, 5.41) is 0. The molecule has 0 radical (unpaired) electrons. The first kappa shape index (κ1) is 13.3. The van der Waals surface area contributed by atoms with Gasteiger partial charge in [0.1, 0.15) is 11.5 Å². The molecule has 19 heavy (non-hydrogen) atoms. The highest BCUT2D eigenvalue weighted by Gasteiger charge is 2.10. The predicted octanol–water partition coefficient (Wildman–Crippen LogP) is 4.11.